The summed E-state index contributed by atoms with van der Waals surface area (Å²) in [4.78, 5) is 32.1. The molecule has 0 aliphatic carbocycles. The maximum Gasteiger partial charge on any atom is 0.280 e. The van der Waals surface area contributed by atoms with E-state index in [-0.39, 0.29) is 23.2 Å². The van der Waals surface area contributed by atoms with Crippen LogP contribution in [0.3, 0.4) is 0 Å². The number of fused-ring (bicyclic) bond motifs is 1. The van der Waals surface area contributed by atoms with Crippen LogP contribution in [0.5, 0.6) is 11.5 Å². The molecule has 3 heterocycles. The van der Waals surface area contributed by atoms with E-state index in [0.29, 0.717) is 28.3 Å². The number of carbonyl (C=O) groups is 2. The molecule has 4 rings (SSSR count). The molecule has 0 fully saturated rings. The summed E-state index contributed by atoms with van der Waals surface area (Å²) in [7, 11) is 1.52. The second kappa shape index (κ2) is 7.91. The molecule has 0 radical (unpaired) electrons. The molecule has 0 bridgehead atoms. The molecule has 2 amide bonds. The van der Waals surface area contributed by atoms with Gasteiger partial charge in [0.05, 0.1) is 5.52 Å². The Balaban J connectivity index is 1.52. The molecular weight excluding hydrogens is 390 g/mol. The number of pyridine rings is 1. The first-order valence-electron chi connectivity index (χ1n) is 8.77. The fourth-order valence-electron chi connectivity index (χ4n) is 2.53. The van der Waals surface area contributed by atoms with E-state index in [1.54, 1.807) is 31.2 Å². The molecule has 11 heteroatoms. The first-order chi connectivity index (χ1) is 14.5. The van der Waals surface area contributed by atoms with E-state index in [2.05, 4.69) is 36.0 Å². The quantitative estimate of drug-likeness (QED) is 0.510. The van der Waals surface area contributed by atoms with Crippen LogP contribution >= 0.6 is 0 Å². The minimum Gasteiger partial charge on any atom is -0.457 e. The van der Waals surface area contributed by atoms with Gasteiger partial charge in [-0.15, -0.1) is 10.2 Å². The molecule has 3 aromatic heterocycles. The Kier molecular flexibility index (Phi) is 4.99. The maximum absolute atomic E-state index is 12.1. The van der Waals surface area contributed by atoms with Crippen LogP contribution in [-0.4, -0.2) is 44.2 Å². The zero-order chi connectivity index (χ0) is 21.1. The molecule has 0 saturated heterocycles. The molecular formula is C19H15N7O4. The first-order valence-corrected chi connectivity index (χ1v) is 8.77. The second-order valence-electron chi connectivity index (χ2n) is 6.12. The lowest BCUT2D eigenvalue weighted by molar-refractivity contribution is 0.0956. The third-order valence-corrected chi connectivity index (χ3v) is 3.94. The molecule has 11 nitrogen and oxygen atoms in total. The molecule has 0 aliphatic heterocycles. The van der Waals surface area contributed by atoms with Crippen molar-refractivity contribution >= 4 is 28.8 Å². The highest BCUT2D eigenvalue weighted by Gasteiger charge is 2.14. The Labute approximate surface area is 169 Å². The molecule has 30 heavy (non-hydrogen) atoms. The number of aromatic nitrogens is 5. The van der Waals surface area contributed by atoms with Crippen LogP contribution in [0.1, 0.15) is 26.7 Å². The smallest absolute Gasteiger partial charge is 0.280 e. The van der Waals surface area contributed by atoms with Crippen molar-refractivity contribution < 1.29 is 18.8 Å². The maximum atomic E-state index is 12.1. The van der Waals surface area contributed by atoms with Gasteiger partial charge in [0.25, 0.3) is 11.8 Å². The summed E-state index contributed by atoms with van der Waals surface area (Å²) >= 11 is 0. The Morgan fingerprint density at radius 3 is 2.57 bits per heavy atom. The Morgan fingerprint density at radius 1 is 0.967 bits per heavy atom. The fraction of sp³-hybridized carbons (Fsp3) is 0.105. The predicted octanol–water partition coefficient (Wildman–Crippen LogP) is 2.12. The summed E-state index contributed by atoms with van der Waals surface area (Å²) in [6.07, 6.45) is 1.48. The van der Waals surface area contributed by atoms with Gasteiger partial charge in [-0.25, -0.2) is 4.98 Å². The van der Waals surface area contributed by atoms with Crippen molar-refractivity contribution in [1.82, 2.24) is 30.6 Å². The van der Waals surface area contributed by atoms with Gasteiger partial charge in [-0.05, 0) is 25.1 Å². The predicted molar refractivity (Wildman–Crippen MR) is 104 cm³/mol. The standard InChI is InChI=1S/C19H15N7O4/c1-10-7-16(26-30-10)18(28)23-19-22-13-4-3-11(8-14(13)24-25-19)29-12-5-6-21-15(9-12)17(27)20-2/h3-9H,1-2H3,(H,20,27)(H,22,23,25,28). The zero-order valence-electron chi connectivity index (χ0n) is 15.9. The third kappa shape index (κ3) is 4.04. The average molecular weight is 405 g/mol. The molecule has 150 valence electrons. The van der Waals surface area contributed by atoms with Crippen LogP contribution in [-0.2, 0) is 0 Å². The monoisotopic (exact) mass is 405 g/mol. The van der Waals surface area contributed by atoms with E-state index in [0.717, 1.165) is 0 Å². The summed E-state index contributed by atoms with van der Waals surface area (Å²) in [5, 5.41) is 16.6. The summed E-state index contributed by atoms with van der Waals surface area (Å²) in [6.45, 7) is 1.68. The highest BCUT2D eigenvalue weighted by Crippen LogP contribution is 2.24. The van der Waals surface area contributed by atoms with Gasteiger partial charge >= 0.3 is 0 Å². The Morgan fingerprint density at radius 2 is 1.80 bits per heavy atom. The number of carbonyl (C=O) groups excluding carboxylic acids is 2. The number of hydrogen-bond donors (Lipinski definition) is 2. The number of aryl methyl sites for hydroxylation is 1. The number of hydrogen-bond acceptors (Lipinski definition) is 9. The van der Waals surface area contributed by atoms with E-state index < -0.39 is 5.91 Å². The molecule has 1 aromatic carbocycles. The van der Waals surface area contributed by atoms with Gasteiger partial charge in [0.1, 0.15) is 28.5 Å². The van der Waals surface area contributed by atoms with Gasteiger partial charge in [0, 0.05) is 31.4 Å². The summed E-state index contributed by atoms with van der Waals surface area (Å²) in [5.41, 5.74) is 1.32. The molecule has 0 unspecified atom stereocenters. The lowest BCUT2D eigenvalue weighted by atomic mass is 10.3. The van der Waals surface area contributed by atoms with Crippen molar-refractivity contribution in [2.75, 3.05) is 12.4 Å². The van der Waals surface area contributed by atoms with Crippen molar-refractivity contribution in [1.29, 1.82) is 0 Å². The largest absolute Gasteiger partial charge is 0.457 e. The van der Waals surface area contributed by atoms with Crippen LogP contribution in [0.15, 0.2) is 47.1 Å². The third-order valence-electron chi connectivity index (χ3n) is 3.94. The number of nitrogens with zero attached hydrogens (tertiary/aromatic N) is 5. The van der Waals surface area contributed by atoms with Crippen LogP contribution in [0.2, 0.25) is 0 Å². The van der Waals surface area contributed by atoms with E-state index >= 15 is 0 Å². The van der Waals surface area contributed by atoms with E-state index in [1.807, 2.05) is 0 Å². The van der Waals surface area contributed by atoms with Gasteiger partial charge in [0.2, 0.25) is 5.95 Å². The molecule has 2 N–H and O–H groups in total. The van der Waals surface area contributed by atoms with Crippen molar-refractivity contribution in [3.63, 3.8) is 0 Å². The summed E-state index contributed by atoms with van der Waals surface area (Å²) in [6, 6.07) is 9.66. The van der Waals surface area contributed by atoms with Gasteiger partial charge in [-0.3, -0.25) is 19.9 Å². The zero-order valence-corrected chi connectivity index (χ0v) is 15.9. The number of anilines is 1. The highest BCUT2D eigenvalue weighted by atomic mass is 16.5. The molecule has 0 atom stereocenters. The van der Waals surface area contributed by atoms with Crippen molar-refractivity contribution in [2.45, 2.75) is 6.92 Å². The lowest BCUT2D eigenvalue weighted by Crippen LogP contribution is -2.18. The molecule has 4 aromatic rings. The van der Waals surface area contributed by atoms with E-state index in [1.165, 1.54) is 25.4 Å². The van der Waals surface area contributed by atoms with Gasteiger partial charge in [0.15, 0.2) is 5.69 Å². The van der Waals surface area contributed by atoms with Crippen molar-refractivity contribution in [2.24, 2.45) is 0 Å². The number of amides is 2. The SMILES string of the molecule is CNC(=O)c1cc(Oc2ccc3nc(NC(=O)c4cc(C)on4)nnc3c2)ccn1. The Hall–Kier alpha value is -4.41. The normalized spacial score (nSPS) is 10.6. The minimum atomic E-state index is -0.502. The van der Waals surface area contributed by atoms with Crippen LogP contribution in [0, 0.1) is 6.92 Å². The molecule has 0 aliphatic rings. The Bertz CT molecular complexity index is 1250. The van der Waals surface area contributed by atoms with Crippen molar-refractivity contribution in [3.8, 4) is 11.5 Å². The van der Waals surface area contributed by atoms with Crippen molar-refractivity contribution in [3.05, 3.63) is 59.7 Å². The van der Waals surface area contributed by atoms with Gasteiger partial charge < -0.3 is 14.6 Å². The number of rotatable bonds is 5. The fourth-order valence-corrected chi connectivity index (χ4v) is 2.53. The van der Waals surface area contributed by atoms with Crippen LogP contribution < -0.4 is 15.4 Å². The number of benzene rings is 1. The first kappa shape index (κ1) is 18.9. The van der Waals surface area contributed by atoms with Gasteiger partial charge in [-0.2, -0.15) is 0 Å². The number of ether oxygens (including phenoxy) is 1. The molecule has 0 saturated carbocycles. The molecule has 0 spiro atoms. The lowest BCUT2D eigenvalue weighted by Gasteiger charge is -2.08. The minimum absolute atomic E-state index is 0.0335. The summed E-state index contributed by atoms with van der Waals surface area (Å²) < 4.78 is 10.6. The average Bonchev–Trinajstić information content (AvgIpc) is 3.20. The topological polar surface area (TPSA) is 145 Å². The summed E-state index contributed by atoms with van der Waals surface area (Å²) in [5.74, 6) is 0.646. The van der Waals surface area contributed by atoms with Crippen LogP contribution in [0.4, 0.5) is 5.95 Å². The van der Waals surface area contributed by atoms with E-state index in [9.17, 15) is 9.59 Å². The number of nitrogens with one attached hydrogen (secondary N) is 2. The highest BCUT2D eigenvalue weighted by molar-refractivity contribution is 6.02. The van der Waals surface area contributed by atoms with Crippen LogP contribution in [0.25, 0.3) is 11.0 Å². The van der Waals surface area contributed by atoms with E-state index in [4.69, 9.17) is 9.26 Å². The second-order valence-corrected chi connectivity index (χ2v) is 6.12. The van der Waals surface area contributed by atoms with Gasteiger partial charge in [-0.1, -0.05) is 5.16 Å².